The fourth-order valence-electron chi connectivity index (χ4n) is 2.17. The summed E-state index contributed by atoms with van der Waals surface area (Å²) in [5.74, 6) is 0.991. The van der Waals surface area contributed by atoms with Crippen LogP contribution in [0, 0.1) is 11.8 Å². The van der Waals surface area contributed by atoms with E-state index in [1.54, 1.807) is 0 Å². The summed E-state index contributed by atoms with van der Waals surface area (Å²) in [4.78, 5) is 12.1. The molecule has 0 bridgehead atoms. The van der Waals surface area contributed by atoms with Gasteiger partial charge in [-0.3, -0.25) is 9.48 Å². The number of nitrogens with zero attached hydrogens (tertiary/aromatic N) is 2. The zero-order valence-electron chi connectivity index (χ0n) is 11.5. The number of carbonyl (C=O) groups is 1. The molecule has 4 heteroatoms. The van der Waals surface area contributed by atoms with Crippen molar-refractivity contribution in [3.63, 3.8) is 0 Å². The molecule has 1 saturated heterocycles. The number of hydrogen-bond donors (Lipinski definition) is 1. The van der Waals surface area contributed by atoms with Crippen molar-refractivity contribution in [3.8, 4) is 0 Å². The average Bonchev–Trinajstić information content (AvgIpc) is 2.74. The molecule has 1 aliphatic heterocycles. The molecule has 0 spiro atoms. The molecule has 0 radical (unpaired) electrons. The van der Waals surface area contributed by atoms with Crippen LogP contribution in [0.4, 0.5) is 0 Å². The Morgan fingerprint density at radius 2 is 2.28 bits per heavy atom. The fourth-order valence-corrected chi connectivity index (χ4v) is 2.17. The first-order valence-corrected chi connectivity index (χ1v) is 6.89. The largest absolute Gasteiger partial charge is 0.316 e. The minimum Gasteiger partial charge on any atom is -0.316 e. The van der Waals surface area contributed by atoms with Gasteiger partial charge in [0.05, 0.1) is 12.1 Å². The van der Waals surface area contributed by atoms with Gasteiger partial charge in [-0.1, -0.05) is 13.8 Å². The van der Waals surface area contributed by atoms with Crippen molar-refractivity contribution in [3.05, 3.63) is 18.0 Å². The van der Waals surface area contributed by atoms with E-state index in [1.807, 2.05) is 23.9 Å². The molecule has 0 amide bonds. The van der Waals surface area contributed by atoms with Crippen molar-refractivity contribution in [2.24, 2.45) is 11.8 Å². The number of carbonyl (C=O) groups excluding carboxylic acids is 1. The van der Waals surface area contributed by atoms with E-state index in [0.29, 0.717) is 24.2 Å². The molecule has 0 aromatic carbocycles. The maximum Gasteiger partial charge on any atom is 0.142 e. The van der Waals surface area contributed by atoms with Gasteiger partial charge in [0.25, 0.3) is 0 Å². The molecule has 1 aromatic rings. The van der Waals surface area contributed by atoms with Gasteiger partial charge in [-0.05, 0) is 38.4 Å². The first-order chi connectivity index (χ1) is 8.61. The van der Waals surface area contributed by atoms with E-state index >= 15 is 0 Å². The van der Waals surface area contributed by atoms with Crippen LogP contribution in [0.25, 0.3) is 0 Å². The van der Waals surface area contributed by atoms with Gasteiger partial charge >= 0.3 is 0 Å². The van der Waals surface area contributed by atoms with E-state index < -0.39 is 0 Å². The van der Waals surface area contributed by atoms with Gasteiger partial charge in [0, 0.05) is 18.2 Å². The standard InChI is InChI=1S/C14H23N3O/c1-4-10(2)17-6-5-13(16-17)7-14(18)11(3)12-8-15-9-12/h5-6,10-12,15H,4,7-9H2,1-3H3. The minimum atomic E-state index is 0.153. The third-order valence-corrected chi connectivity index (χ3v) is 4.09. The van der Waals surface area contributed by atoms with Crippen molar-refractivity contribution in [2.75, 3.05) is 13.1 Å². The smallest absolute Gasteiger partial charge is 0.142 e. The first-order valence-electron chi connectivity index (χ1n) is 6.89. The van der Waals surface area contributed by atoms with E-state index in [0.717, 1.165) is 25.2 Å². The van der Waals surface area contributed by atoms with E-state index in [2.05, 4.69) is 24.3 Å². The SMILES string of the molecule is CCC(C)n1ccc(CC(=O)C(C)C2CNC2)n1. The molecule has 2 atom stereocenters. The molecule has 100 valence electrons. The van der Waals surface area contributed by atoms with E-state index in [1.165, 1.54) is 0 Å². The van der Waals surface area contributed by atoms with Gasteiger partial charge in [0.2, 0.25) is 0 Å². The number of nitrogens with one attached hydrogen (secondary N) is 1. The molecule has 0 aliphatic carbocycles. The molecule has 0 saturated carbocycles. The van der Waals surface area contributed by atoms with Gasteiger partial charge in [0.1, 0.15) is 5.78 Å². The van der Waals surface area contributed by atoms with Crippen molar-refractivity contribution in [1.82, 2.24) is 15.1 Å². The van der Waals surface area contributed by atoms with Gasteiger partial charge < -0.3 is 5.32 Å². The number of hydrogen-bond acceptors (Lipinski definition) is 3. The van der Waals surface area contributed by atoms with Crippen LogP contribution in [0.2, 0.25) is 0 Å². The van der Waals surface area contributed by atoms with Crippen molar-refractivity contribution >= 4 is 5.78 Å². The lowest BCUT2D eigenvalue weighted by Gasteiger charge is -2.31. The number of Topliss-reactive ketones (excluding diaryl/α,β-unsaturated/α-hetero) is 1. The third kappa shape index (κ3) is 2.80. The monoisotopic (exact) mass is 249 g/mol. The molecule has 1 N–H and O–H groups in total. The molecule has 2 heterocycles. The Balaban J connectivity index is 1.92. The van der Waals surface area contributed by atoms with Crippen LogP contribution in [0.3, 0.4) is 0 Å². The highest BCUT2D eigenvalue weighted by atomic mass is 16.1. The number of ketones is 1. The summed E-state index contributed by atoms with van der Waals surface area (Å²) in [6.45, 7) is 8.28. The van der Waals surface area contributed by atoms with Gasteiger partial charge in [-0.15, -0.1) is 0 Å². The summed E-state index contributed by atoms with van der Waals surface area (Å²) in [6.07, 6.45) is 3.51. The molecular formula is C14H23N3O. The second-order valence-electron chi connectivity index (χ2n) is 5.39. The molecule has 2 unspecified atom stereocenters. The lowest BCUT2D eigenvalue weighted by Crippen LogP contribution is -2.47. The van der Waals surface area contributed by atoms with Gasteiger partial charge in [0.15, 0.2) is 0 Å². The third-order valence-electron chi connectivity index (χ3n) is 4.09. The van der Waals surface area contributed by atoms with Gasteiger partial charge in [-0.2, -0.15) is 5.10 Å². The van der Waals surface area contributed by atoms with Crippen LogP contribution in [-0.2, 0) is 11.2 Å². The second-order valence-corrected chi connectivity index (χ2v) is 5.39. The maximum absolute atomic E-state index is 12.1. The molecule has 4 nitrogen and oxygen atoms in total. The quantitative estimate of drug-likeness (QED) is 0.836. The zero-order chi connectivity index (χ0) is 13.1. The first kappa shape index (κ1) is 13.3. The highest BCUT2D eigenvalue weighted by Crippen LogP contribution is 2.18. The van der Waals surface area contributed by atoms with Crippen molar-refractivity contribution in [2.45, 2.75) is 39.7 Å². The van der Waals surface area contributed by atoms with E-state index in [4.69, 9.17) is 0 Å². The maximum atomic E-state index is 12.1. The molecule has 1 fully saturated rings. The van der Waals surface area contributed by atoms with Crippen LogP contribution in [0.15, 0.2) is 12.3 Å². The van der Waals surface area contributed by atoms with E-state index in [-0.39, 0.29) is 5.92 Å². The Morgan fingerprint density at radius 3 is 2.83 bits per heavy atom. The van der Waals surface area contributed by atoms with Crippen LogP contribution in [0.1, 0.15) is 38.9 Å². The summed E-state index contributed by atoms with van der Waals surface area (Å²) < 4.78 is 1.96. The Hall–Kier alpha value is -1.16. The Kier molecular flexibility index (Phi) is 4.17. The molecule has 2 rings (SSSR count). The second kappa shape index (κ2) is 5.65. The van der Waals surface area contributed by atoms with Crippen LogP contribution in [0.5, 0.6) is 0 Å². The molecular weight excluding hydrogens is 226 g/mol. The van der Waals surface area contributed by atoms with Crippen molar-refractivity contribution in [1.29, 1.82) is 0 Å². The zero-order valence-corrected chi connectivity index (χ0v) is 11.5. The summed E-state index contributed by atoms with van der Waals surface area (Å²) in [5, 5.41) is 7.70. The highest BCUT2D eigenvalue weighted by molar-refractivity contribution is 5.83. The summed E-state index contributed by atoms with van der Waals surface area (Å²) in [6, 6.07) is 2.37. The van der Waals surface area contributed by atoms with Crippen LogP contribution >= 0.6 is 0 Å². The Labute approximate surface area is 109 Å². The number of aromatic nitrogens is 2. The lowest BCUT2D eigenvalue weighted by molar-refractivity contribution is -0.123. The molecule has 1 aliphatic rings. The molecule has 1 aromatic heterocycles. The highest BCUT2D eigenvalue weighted by Gasteiger charge is 2.28. The minimum absolute atomic E-state index is 0.153. The van der Waals surface area contributed by atoms with Crippen LogP contribution in [-0.4, -0.2) is 28.7 Å². The average molecular weight is 249 g/mol. The summed E-state index contributed by atoms with van der Waals surface area (Å²) in [5.41, 5.74) is 0.902. The predicted octanol–water partition coefficient (Wildman–Crippen LogP) is 1.82. The summed E-state index contributed by atoms with van der Waals surface area (Å²) >= 11 is 0. The summed E-state index contributed by atoms with van der Waals surface area (Å²) in [7, 11) is 0. The van der Waals surface area contributed by atoms with Crippen molar-refractivity contribution < 1.29 is 4.79 Å². The molecule has 18 heavy (non-hydrogen) atoms. The fraction of sp³-hybridized carbons (Fsp3) is 0.714. The topological polar surface area (TPSA) is 46.9 Å². The lowest BCUT2D eigenvalue weighted by atomic mass is 9.84. The number of rotatable bonds is 6. The normalized spacial score (nSPS) is 19.3. The predicted molar refractivity (Wildman–Crippen MR) is 71.5 cm³/mol. The van der Waals surface area contributed by atoms with Crippen LogP contribution < -0.4 is 5.32 Å². The van der Waals surface area contributed by atoms with E-state index in [9.17, 15) is 4.79 Å². The Bertz CT molecular complexity index is 409. The Morgan fingerprint density at radius 1 is 1.56 bits per heavy atom. The van der Waals surface area contributed by atoms with Gasteiger partial charge in [-0.25, -0.2) is 0 Å².